The highest BCUT2D eigenvalue weighted by Gasteiger charge is 2.16. The molecule has 0 saturated carbocycles. The molecule has 0 atom stereocenters. The van der Waals surface area contributed by atoms with Crippen LogP contribution in [0.2, 0.25) is 0 Å². The maximum absolute atomic E-state index is 2.60. The van der Waals surface area contributed by atoms with Crippen molar-refractivity contribution >= 4 is 0 Å². The molecule has 2 nitrogen and oxygen atoms in total. The molecule has 0 amide bonds. The van der Waals surface area contributed by atoms with Crippen molar-refractivity contribution in [3.8, 4) is 0 Å². The van der Waals surface area contributed by atoms with E-state index in [1.54, 1.807) is 5.56 Å². The minimum atomic E-state index is 1.07. The zero-order chi connectivity index (χ0) is 12.3. The van der Waals surface area contributed by atoms with Crippen LogP contribution in [0.15, 0.2) is 24.3 Å². The zero-order valence-corrected chi connectivity index (χ0v) is 11.4. The lowest BCUT2D eigenvalue weighted by molar-refractivity contribution is -0.870. The van der Waals surface area contributed by atoms with Gasteiger partial charge in [0.15, 0.2) is 0 Å². The Bertz CT molecular complexity index is 365. The summed E-state index contributed by atoms with van der Waals surface area (Å²) in [7, 11) is 6.81. The fourth-order valence-electron chi connectivity index (χ4n) is 2.51. The molecular weight excluding hydrogens is 208 g/mol. The van der Waals surface area contributed by atoms with Crippen LogP contribution in [0.3, 0.4) is 0 Å². The van der Waals surface area contributed by atoms with Crippen molar-refractivity contribution in [3.05, 3.63) is 35.4 Å². The summed E-state index contributed by atoms with van der Waals surface area (Å²) in [5.41, 5.74) is 3.08. The van der Waals surface area contributed by atoms with E-state index >= 15 is 0 Å². The van der Waals surface area contributed by atoms with Gasteiger partial charge in [0.05, 0.1) is 27.7 Å². The first-order chi connectivity index (χ1) is 8.04. The van der Waals surface area contributed by atoms with Gasteiger partial charge in [-0.3, -0.25) is 4.90 Å². The van der Waals surface area contributed by atoms with Crippen LogP contribution in [0, 0.1) is 0 Å². The SMILES string of the molecule is C[N+](C)(C)CCCN1CCc2ccccc2C1. The predicted octanol–water partition coefficient (Wildman–Crippen LogP) is 2.14. The Morgan fingerprint density at radius 2 is 1.82 bits per heavy atom. The van der Waals surface area contributed by atoms with Crippen molar-refractivity contribution in [3.63, 3.8) is 0 Å². The molecule has 0 spiro atoms. The molecule has 0 radical (unpaired) electrons. The fourth-order valence-corrected chi connectivity index (χ4v) is 2.51. The average Bonchev–Trinajstić information content (AvgIpc) is 2.27. The van der Waals surface area contributed by atoms with Crippen LogP contribution in [0.5, 0.6) is 0 Å². The van der Waals surface area contributed by atoms with Crippen molar-refractivity contribution in [1.29, 1.82) is 0 Å². The Labute approximate surface area is 105 Å². The van der Waals surface area contributed by atoms with E-state index in [9.17, 15) is 0 Å². The molecule has 94 valence electrons. The quantitative estimate of drug-likeness (QED) is 0.720. The minimum absolute atomic E-state index is 1.07. The molecule has 0 aliphatic carbocycles. The van der Waals surface area contributed by atoms with Crippen molar-refractivity contribution in [2.75, 3.05) is 40.8 Å². The topological polar surface area (TPSA) is 3.24 Å². The Morgan fingerprint density at radius 1 is 1.12 bits per heavy atom. The molecule has 1 heterocycles. The number of nitrogens with zero attached hydrogens (tertiary/aromatic N) is 2. The molecule has 0 unspecified atom stereocenters. The summed E-state index contributed by atoms with van der Waals surface area (Å²) in [6, 6.07) is 8.87. The van der Waals surface area contributed by atoms with Gasteiger partial charge in [0.1, 0.15) is 0 Å². The first kappa shape index (κ1) is 12.6. The van der Waals surface area contributed by atoms with E-state index in [0.29, 0.717) is 0 Å². The van der Waals surface area contributed by atoms with Gasteiger partial charge in [0.2, 0.25) is 0 Å². The molecule has 17 heavy (non-hydrogen) atoms. The summed E-state index contributed by atoms with van der Waals surface area (Å²) in [5.74, 6) is 0. The highest BCUT2D eigenvalue weighted by molar-refractivity contribution is 5.28. The normalized spacial score (nSPS) is 16.9. The van der Waals surface area contributed by atoms with Crippen LogP contribution in [0.25, 0.3) is 0 Å². The van der Waals surface area contributed by atoms with Gasteiger partial charge >= 0.3 is 0 Å². The number of benzene rings is 1. The molecule has 1 aromatic rings. The lowest BCUT2D eigenvalue weighted by Gasteiger charge is -2.30. The van der Waals surface area contributed by atoms with Crippen molar-refractivity contribution in [1.82, 2.24) is 4.90 Å². The first-order valence-electron chi connectivity index (χ1n) is 6.64. The average molecular weight is 233 g/mol. The highest BCUT2D eigenvalue weighted by Crippen LogP contribution is 2.18. The van der Waals surface area contributed by atoms with Gasteiger partial charge in [-0.25, -0.2) is 0 Å². The second-order valence-corrected chi connectivity index (χ2v) is 6.16. The number of fused-ring (bicyclic) bond motifs is 1. The smallest absolute Gasteiger partial charge is 0.0792 e. The third-order valence-corrected chi connectivity index (χ3v) is 3.51. The third-order valence-electron chi connectivity index (χ3n) is 3.51. The largest absolute Gasteiger partial charge is 0.331 e. The second-order valence-electron chi connectivity index (χ2n) is 6.16. The van der Waals surface area contributed by atoms with E-state index in [-0.39, 0.29) is 0 Å². The van der Waals surface area contributed by atoms with Crippen LogP contribution in [0.4, 0.5) is 0 Å². The number of hydrogen-bond acceptors (Lipinski definition) is 1. The van der Waals surface area contributed by atoms with Crippen LogP contribution in [-0.4, -0.2) is 50.2 Å². The van der Waals surface area contributed by atoms with Gasteiger partial charge in [-0.05, 0) is 17.5 Å². The van der Waals surface area contributed by atoms with Crippen molar-refractivity contribution in [2.45, 2.75) is 19.4 Å². The molecule has 0 bridgehead atoms. The van der Waals surface area contributed by atoms with Crippen molar-refractivity contribution in [2.24, 2.45) is 0 Å². The molecule has 0 saturated heterocycles. The monoisotopic (exact) mass is 233 g/mol. The number of hydrogen-bond donors (Lipinski definition) is 0. The fraction of sp³-hybridized carbons (Fsp3) is 0.600. The number of rotatable bonds is 4. The Kier molecular flexibility index (Phi) is 3.85. The lowest BCUT2D eigenvalue weighted by atomic mass is 10.00. The molecule has 1 aliphatic rings. The first-order valence-corrected chi connectivity index (χ1v) is 6.64. The molecule has 0 fully saturated rings. The van der Waals surface area contributed by atoms with Gasteiger partial charge in [-0.15, -0.1) is 0 Å². The van der Waals surface area contributed by atoms with Gasteiger partial charge in [-0.2, -0.15) is 0 Å². The van der Waals surface area contributed by atoms with Gasteiger partial charge in [0, 0.05) is 26.1 Å². The van der Waals surface area contributed by atoms with Crippen LogP contribution in [-0.2, 0) is 13.0 Å². The van der Waals surface area contributed by atoms with Crippen LogP contribution >= 0.6 is 0 Å². The van der Waals surface area contributed by atoms with E-state index < -0.39 is 0 Å². The van der Waals surface area contributed by atoms with E-state index in [4.69, 9.17) is 0 Å². The highest BCUT2D eigenvalue weighted by atomic mass is 15.3. The van der Waals surface area contributed by atoms with E-state index in [1.165, 1.54) is 38.0 Å². The summed E-state index contributed by atoms with van der Waals surface area (Å²) in [6.07, 6.45) is 2.52. The summed E-state index contributed by atoms with van der Waals surface area (Å²) in [4.78, 5) is 2.60. The summed E-state index contributed by atoms with van der Waals surface area (Å²) < 4.78 is 1.07. The summed E-state index contributed by atoms with van der Waals surface area (Å²) in [5, 5.41) is 0. The molecule has 2 heteroatoms. The Hall–Kier alpha value is -0.860. The zero-order valence-electron chi connectivity index (χ0n) is 11.4. The maximum Gasteiger partial charge on any atom is 0.0792 e. The van der Waals surface area contributed by atoms with Gasteiger partial charge in [0.25, 0.3) is 0 Å². The van der Waals surface area contributed by atoms with Crippen LogP contribution in [0.1, 0.15) is 17.5 Å². The van der Waals surface area contributed by atoms with E-state index in [1.807, 2.05) is 0 Å². The molecular formula is C15H25N2+. The van der Waals surface area contributed by atoms with Crippen molar-refractivity contribution < 1.29 is 4.48 Å². The van der Waals surface area contributed by atoms with Gasteiger partial charge < -0.3 is 4.48 Å². The summed E-state index contributed by atoms with van der Waals surface area (Å²) >= 11 is 0. The van der Waals surface area contributed by atoms with E-state index in [2.05, 4.69) is 50.3 Å². The minimum Gasteiger partial charge on any atom is -0.331 e. The number of quaternary nitrogens is 1. The second kappa shape index (κ2) is 5.19. The van der Waals surface area contributed by atoms with E-state index in [0.717, 1.165) is 11.0 Å². The molecule has 0 N–H and O–H groups in total. The Balaban J connectivity index is 1.82. The predicted molar refractivity (Wildman–Crippen MR) is 72.9 cm³/mol. The maximum atomic E-state index is 2.60. The molecule has 0 aromatic heterocycles. The molecule has 1 aromatic carbocycles. The molecule has 1 aliphatic heterocycles. The van der Waals surface area contributed by atoms with Gasteiger partial charge in [-0.1, -0.05) is 24.3 Å². The van der Waals surface area contributed by atoms with Crippen LogP contribution < -0.4 is 0 Å². The standard InChI is InChI=1S/C15H25N2/c1-17(2,3)12-6-10-16-11-9-14-7-4-5-8-15(14)13-16/h4-5,7-8H,6,9-13H2,1-3H3/q+1. The lowest BCUT2D eigenvalue weighted by Crippen LogP contribution is -2.38. The molecule has 2 rings (SSSR count). The third kappa shape index (κ3) is 3.83. The Morgan fingerprint density at radius 3 is 2.53 bits per heavy atom. The summed E-state index contributed by atoms with van der Waals surface area (Å²) in [6.45, 7) is 4.88.